The number of aryl methyl sites for hydroxylation is 2. The molecule has 0 bridgehead atoms. The third kappa shape index (κ3) is 5.84. The van der Waals surface area contributed by atoms with Crippen LogP contribution in [0.1, 0.15) is 58.6 Å². The van der Waals surface area contributed by atoms with Crippen molar-refractivity contribution in [3.8, 4) is 11.1 Å². The highest BCUT2D eigenvalue weighted by molar-refractivity contribution is 5.63. The van der Waals surface area contributed by atoms with Gasteiger partial charge in [-0.05, 0) is 54.9 Å². The zero-order valence-electron chi connectivity index (χ0n) is 14.2. The van der Waals surface area contributed by atoms with Crippen molar-refractivity contribution in [3.63, 3.8) is 0 Å². The smallest absolute Gasteiger partial charge is 0.0126 e. The number of benzene rings is 2. The van der Waals surface area contributed by atoms with Crippen molar-refractivity contribution in [2.75, 3.05) is 0 Å². The minimum Gasteiger partial charge on any atom is -0.325 e. The molecule has 1 heteroatoms. The molecule has 0 spiro atoms. The largest absolute Gasteiger partial charge is 0.325 e. The van der Waals surface area contributed by atoms with Crippen LogP contribution in [-0.4, -0.2) is 5.54 Å². The molecule has 0 saturated heterocycles. The van der Waals surface area contributed by atoms with Crippen LogP contribution in [-0.2, 0) is 12.8 Å². The molecule has 1 nitrogen and oxygen atoms in total. The van der Waals surface area contributed by atoms with Gasteiger partial charge in [-0.15, -0.1) is 0 Å². The first kappa shape index (κ1) is 19.4. The predicted molar refractivity (Wildman–Crippen MR) is 104 cm³/mol. The fourth-order valence-electron chi connectivity index (χ4n) is 2.62. The van der Waals surface area contributed by atoms with E-state index in [1.165, 1.54) is 28.7 Å². The zero-order chi connectivity index (χ0) is 16.0. The molecule has 0 aliphatic rings. The van der Waals surface area contributed by atoms with E-state index in [-0.39, 0.29) is 13.0 Å². The van der Waals surface area contributed by atoms with Crippen LogP contribution in [0.15, 0.2) is 48.5 Å². The molecule has 0 amide bonds. The van der Waals surface area contributed by atoms with Crippen LogP contribution in [0.2, 0.25) is 0 Å². The first-order valence-electron chi connectivity index (χ1n) is 8.51. The fourth-order valence-corrected chi connectivity index (χ4v) is 2.62. The van der Waals surface area contributed by atoms with E-state index in [1.54, 1.807) is 0 Å². The molecule has 0 saturated carbocycles. The quantitative estimate of drug-likeness (QED) is 0.666. The Morgan fingerprint density at radius 1 is 0.783 bits per heavy atom. The molecule has 2 aromatic rings. The maximum Gasteiger partial charge on any atom is 0.0126 e. The van der Waals surface area contributed by atoms with Gasteiger partial charge in [0.2, 0.25) is 0 Å². The number of hydrogen-bond acceptors (Lipinski definition) is 1. The molecule has 0 aromatic heterocycles. The molecule has 1 unspecified atom stereocenters. The topological polar surface area (TPSA) is 26.0 Å². The molecule has 2 aromatic carbocycles. The molecule has 0 aliphatic carbocycles. The number of rotatable bonds is 7. The Hall–Kier alpha value is -1.60. The molecule has 126 valence electrons. The van der Waals surface area contributed by atoms with Crippen LogP contribution in [0.25, 0.3) is 11.1 Å². The van der Waals surface area contributed by atoms with Crippen LogP contribution < -0.4 is 5.73 Å². The lowest BCUT2D eigenvalue weighted by Gasteiger charge is -2.22. The minimum atomic E-state index is -0.0478. The predicted octanol–water partition coefficient (Wildman–Crippen LogP) is 6.00. The molecule has 0 aliphatic heterocycles. The Kier molecular flexibility index (Phi) is 7.51. The summed E-state index contributed by atoms with van der Waals surface area (Å²) in [5.74, 6) is 0. The second-order valence-corrected chi connectivity index (χ2v) is 6.65. The number of nitrogens with two attached hydrogens (primary N) is 1. The normalized spacial score (nSPS) is 13.2. The molecular weight excluding hydrogens is 278 g/mol. The minimum absolute atomic E-state index is 0. The Morgan fingerprint density at radius 3 is 1.61 bits per heavy atom. The van der Waals surface area contributed by atoms with E-state index in [0.717, 1.165) is 25.7 Å². The Balaban J connectivity index is 0.00000264. The molecule has 0 heterocycles. The summed E-state index contributed by atoms with van der Waals surface area (Å²) in [6, 6.07) is 17.9. The van der Waals surface area contributed by atoms with Gasteiger partial charge < -0.3 is 5.73 Å². The highest BCUT2D eigenvalue weighted by Crippen LogP contribution is 2.22. The summed E-state index contributed by atoms with van der Waals surface area (Å²) in [5.41, 5.74) is 11.6. The van der Waals surface area contributed by atoms with Gasteiger partial charge in [-0.3, -0.25) is 0 Å². The van der Waals surface area contributed by atoms with Crippen molar-refractivity contribution in [3.05, 3.63) is 59.7 Å². The standard InChI is InChI=1S/C21H29N.CH4/c1-4-6-17-7-11-19(12-8-17)20-13-9-18(10-14-20)15-16-21(3,22)5-2;/h7-14H,4-6,15-16,22H2,1-3H3;1H4. The third-order valence-corrected chi connectivity index (χ3v) is 4.57. The lowest BCUT2D eigenvalue weighted by molar-refractivity contribution is 0.418. The van der Waals surface area contributed by atoms with Crippen molar-refractivity contribution in [1.29, 1.82) is 0 Å². The van der Waals surface area contributed by atoms with Crippen LogP contribution in [0.5, 0.6) is 0 Å². The monoisotopic (exact) mass is 311 g/mol. The summed E-state index contributed by atoms with van der Waals surface area (Å²) in [6.45, 7) is 6.52. The summed E-state index contributed by atoms with van der Waals surface area (Å²) >= 11 is 0. The first-order valence-corrected chi connectivity index (χ1v) is 8.51. The average Bonchev–Trinajstić information content (AvgIpc) is 2.55. The van der Waals surface area contributed by atoms with Crippen molar-refractivity contribution in [2.24, 2.45) is 5.73 Å². The van der Waals surface area contributed by atoms with E-state index in [9.17, 15) is 0 Å². The van der Waals surface area contributed by atoms with E-state index < -0.39 is 0 Å². The van der Waals surface area contributed by atoms with Gasteiger partial charge in [-0.2, -0.15) is 0 Å². The third-order valence-electron chi connectivity index (χ3n) is 4.57. The van der Waals surface area contributed by atoms with Crippen LogP contribution in [0, 0.1) is 0 Å². The van der Waals surface area contributed by atoms with Crippen molar-refractivity contribution in [2.45, 2.75) is 65.8 Å². The van der Waals surface area contributed by atoms with E-state index in [2.05, 4.69) is 69.3 Å². The second-order valence-electron chi connectivity index (χ2n) is 6.65. The summed E-state index contributed by atoms with van der Waals surface area (Å²) < 4.78 is 0. The average molecular weight is 312 g/mol. The molecule has 23 heavy (non-hydrogen) atoms. The van der Waals surface area contributed by atoms with E-state index >= 15 is 0 Å². The van der Waals surface area contributed by atoms with Gasteiger partial charge in [0.05, 0.1) is 0 Å². The summed E-state index contributed by atoms with van der Waals surface area (Å²) in [7, 11) is 0. The molecule has 0 fully saturated rings. The summed E-state index contributed by atoms with van der Waals surface area (Å²) in [4.78, 5) is 0. The second kappa shape index (κ2) is 8.88. The maximum atomic E-state index is 6.22. The lowest BCUT2D eigenvalue weighted by atomic mass is 9.91. The Morgan fingerprint density at radius 2 is 1.22 bits per heavy atom. The van der Waals surface area contributed by atoms with E-state index in [0.29, 0.717) is 0 Å². The van der Waals surface area contributed by atoms with Gasteiger partial charge in [0.15, 0.2) is 0 Å². The van der Waals surface area contributed by atoms with Gasteiger partial charge in [0, 0.05) is 5.54 Å². The Labute approximate surface area is 142 Å². The van der Waals surface area contributed by atoms with E-state index in [4.69, 9.17) is 5.73 Å². The van der Waals surface area contributed by atoms with Crippen LogP contribution in [0.3, 0.4) is 0 Å². The first-order chi connectivity index (χ1) is 10.5. The molecular formula is C22H33N. The van der Waals surface area contributed by atoms with Crippen LogP contribution in [0.4, 0.5) is 0 Å². The molecule has 0 radical (unpaired) electrons. The van der Waals surface area contributed by atoms with Gasteiger partial charge in [-0.1, -0.05) is 76.2 Å². The van der Waals surface area contributed by atoms with Crippen molar-refractivity contribution in [1.82, 2.24) is 0 Å². The van der Waals surface area contributed by atoms with Gasteiger partial charge in [-0.25, -0.2) is 0 Å². The molecule has 1 atom stereocenters. The highest BCUT2D eigenvalue weighted by Gasteiger charge is 2.14. The summed E-state index contributed by atoms with van der Waals surface area (Å²) in [5, 5.41) is 0. The van der Waals surface area contributed by atoms with Gasteiger partial charge >= 0.3 is 0 Å². The Bertz CT molecular complexity index is 564. The van der Waals surface area contributed by atoms with E-state index in [1.807, 2.05) is 0 Å². The van der Waals surface area contributed by atoms with Gasteiger partial charge in [0.1, 0.15) is 0 Å². The zero-order valence-corrected chi connectivity index (χ0v) is 14.2. The highest BCUT2D eigenvalue weighted by atomic mass is 14.7. The number of hydrogen-bond donors (Lipinski definition) is 1. The van der Waals surface area contributed by atoms with Gasteiger partial charge in [0.25, 0.3) is 0 Å². The lowest BCUT2D eigenvalue weighted by Crippen LogP contribution is -2.35. The molecule has 2 N–H and O–H groups in total. The maximum absolute atomic E-state index is 6.22. The SMILES string of the molecule is C.CCCc1ccc(-c2ccc(CCC(C)(N)CC)cc2)cc1. The van der Waals surface area contributed by atoms with Crippen molar-refractivity contribution >= 4 is 0 Å². The molecule has 2 rings (SSSR count). The fraction of sp³-hybridized carbons (Fsp3) is 0.455. The van der Waals surface area contributed by atoms with Crippen LogP contribution >= 0.6 is 0 Å². The van der Waals surface area contributed by atoms with Crippen molar-refractivity contribution < 1.29 is 0 Å². The summed E-state index contributed by atoms with van der Waals surface area (Å²) in [6.07, 6.45) is 5.47.